The number of H-pyrrole nitrogens is 1. The maximum atomic E-state index is 12.4. The lowest BCUT2D eigenvalue weighted by Gasteiger charge is -2.03. The number of imidazole rings is 1. The van der Waals surface area contributed by atoms with Gasteiger partial charge in [0.1, 0.15) is 23.9 Å². The Morgan fingerprint density at radius 1 is 1.14 bits per heavy atom. The Kier molecular flexibility index (Phi) is 6.42. The van der Waals surface area contributed by atoms with E-state index in [4.69, 9.17) is 9.84 Å². The summed E-state index contributed by atoms with van der Waals surface area (Å²) in [5.74, 6) is -0.862. The first-order valence-electron chi connectivity index (χ1n) is 10.9. The summed E-state index contributed by atoms with van der Waals surface area (Å²) >= 11 is 1.55. The number of benzene rings is 2. The molecule has 0 fully saturated rings. The largest absolute Gasteiger partial charge is 0.507 e. The van der Waals surface area contributed by atoms with Crippen molar-refractivity contribution in [3.8, 4) is 22.3 Å². The number of carbonyl (C=O) groups excluding carboxylic acids is 1. The van der Waals surface area contributed by atoms with Crippen LogP contribution in [0.4, 0.5) is 0 Å². The zero-order chi connectivity index (χ0) is 24.9. The Bertz CT molecular complexity index is 1590. The number of ether oxygens (including phenoxy) is 1. The standard InChI is InChI=1S/C27H19N5O3S/c28-15-20(27-29-21-9-4-5-10-22(21)30-27)23(33)17-35-25(34)13-12-18-16-32(19-7-2-1-3-8-19)31-26(18)24-11-6-14-36-24/h1-14,16,33H,17H2,(H,29,30)/b13-12?,23-20-. The predicted octanol–water partition coefficient (Wildman–Crippen LogP) is 5.53. The van der Waals surface area contributed by atoms with Crippen molar-refractivity contribution in [2.45, 2.75) is 0 Å². The summed E-state index contributed by atoms with van der Waals surface area (Å²) in [5.41, 5.74) is 3.65. The van der Waals surface area contributed by atoms with Gasteiger partial charge in [-0.05, 0) is 41.8 Å². The van der Waals surface area contributed by atoms with Gasteiger partial charge in [0, 0.05) is 17.8 Å². The van der Waals surface area contributed by atoms with Crippen molar-refractivity contribution in [1.29, 1.82) is 5.26 Å². The number of fused-ring (bicyclic) bond motifs is 1. The number of aliphatic hydroxyl groups is 1. The van der Waals surface area contributed by atoms with Crippen molar-refractivity contribution in [2.75, 3.05) is 6.61 Å². The molecule has 0 atom stereocenters. The summed E-state index contributed by atoms with van der Waals surface area (Å²) in [5, 5.41) is 26.6. The topological polar surface area (TPSA) is 117 Å². The van der Waals surface area contributed by atoms with E-state index >= 15 is 0 Å². The van der Waals surface area contributed by atoms with Crippen LogP contribution in [0.3, 0.4) is 0 Å². The van der Waals surface area contributed by atoms with Crippen LogP contribution in [0.2, 0.25) is 0 Å². The predicted molar refractivity (Wildman–Crippen MR) is 138 cm³/mol. The van der Waals surface area contributed by atoms with E-state index in [9.17, 15) is 15.2 Å². The molecule has 0 spiro atoms. The van der Waals surface area contributed by atoms with Crippen LogP contribution in [0.5, 0.6) is 0 Å². The molecule has 36 heavy (non-hydrogen) atoms. The van der Waals surface area contributed by atoms with E-state index < -0.39 is 18.3 Å². The van der Waals surface area contributed by atoms with Crippen LogP contribution in [-0.4, -0.2) is 37.4 Å². The monoisotopic (exact) mass is 493 g/mol. The third-order valence-corrected chi connectivity index (χ3v) is 6.17. The number of hydrogen-bond donors (Lipinski definition) is 2. The molecular formula is C27H19N5O3S. The summed E-state index contributed by atoms with van der Waals surface area (Å²) in [6, 6.07) is 22.7. The lowest BCUT2D eigenvalue weighted by molar-refractivity contribution is -0.137. The highest BCUT2D eigenvalue weighted by molar-refractivity contribution is 7.13. The van der Waals surface area contributed by atoms with E-state index in [1.54, 1.807) is 28.2 Å². The summed E-state index contributed by atoms with van der Waals surface area (Å²) in [6.45, 7) is -0.468. The molecule has 0 aliphatic rings. The Balaban J connectivity index is 1.33. The number of hydrogen-bond acceptors (Lipinski definition) is 7. The van der Waals surface area contributed by atoms with E-state index in [-0.39, 0.29) is 11.4 Å². The van der Waals surface area contributed by atoms with Crippen LogP contribution in [0.25, 0.3) is 38.9 Å². The number of nitriles is 1. The number of nitrogens with one attached hydrogen (secondary N) is 1. The average molecular weight is 494 g/mol. The zero-order valence-electron chi connectivity index (χ0n) is 18.8. The molecular weight excluding hydrogens is 474 g/mol. The highest BCUT2D eigenvalue weighted by Gasteiger charge is 2.15. The molecule has 0 aliphatic heterocycles. The first-order chi connectivity index (χ1) is 17.6. The summed E-state index contributed by atoms with van der Waals surface area (Å²) in [7, 11) is 0. The van der Waals surface area contributed by atoms with Crippen molar-refractivity contribution in [3.05, 3.63) is 102 Å². The summed E-state index contributed by atoms with van der Waals surface area (Å²) in [4.78, 5) is 20.7. The van der Waals surface area contributed by atoms with Crippen LogP contribution in [0, 0.1) is 11.3 Å². The van der Waals surface area contributed by atoms with Gasteiger partial charge in [0.25, 0.3) is 0 Å². The number of rotatable bonds is 7. The van der Waals surface area contributed by atoms with Crippen molar-refractivity contribution in [2.24, 2.45) is 0 Å². The van der Waals surface area contributed by atoms with Gasteiger partial charge >= 0.3 is 5.97 Å². The molecule has 3 heterocycles. The van der Waals surface area contributed by atoms with Gasteiger partial charge in [-0.25, -0.2) is 14.5 Å². The van der Waals surface area contributed by atoms with E-state index in [1.165, 1.54) is 6.08 Å². The van der Waals surface area contributed by atoms with Gasteiger partial charge in [-0.2, -0.15) is 10.4 Å². The van der Waals surface area contributed by atoms with E-state index in [1.807, 2.05) is 78.3 Å². The first-order valence-corrected chi connectivity index (χ1v) is 11.8. The van der Waals surface area contributed by atoms with Gasteiger partial charge in [0.15, 0.2) is 11.6 Å². The third-order valence-electron chi connectivity index (χ3n) is 5.29. The molecule has 0 unspecified atom stereocenters. The molecule has 0 bridgehead atoms. The maximum Gasteiger partial charge on any atom is 0.331 e. The number of carbonyl (C=O) groups is 1. The van der Waals surface area contributed by atoms with Crippen LogP contribution in [0.1, 0.15) is 11.4 Å². The van der Waals surface area contributed by atoms with Gasteiger partial charge < -0.3 is 14.8 Å². The minimum absolute atomic E-state index is 0.0906. The Hall–Kier alpha value is -4.94. The number of allylic oxidation sites excluding steroid dienone is 1. The van der Waals surface area contributed by atoms with Crippen molar-refractivity contribution in [1.82, 2.24) is 19.7 Å². The second-order valence-corrected chi connectivity index (χ2v) is 8.62. The number of aromatic amines is 1. The van der Waals surface area contributed by atoms with Gasteiger partial charge in [0.2, 0.25) is 0 Å². The quantitative estimate of drug-likeness (QED) is 0.133. The second-order valence-electron chi connectivity index (χ2n) is 7.67. The number of aliphatic hydroxyl groups excluding tert-OH is 1. The molecule has 176 valence electrons. The lowest BCUT2D eigenvalue weighted by Crippen LogP contribution is -2.06. The van der Waals surface area contributed by atoms with Gasteiger partial charge in [-0.1, -0.05) is 36.4 Å². The van der Waals surface area contributed by atoms with Crippen LogP contribution in [0.15, 0.2) is 90.1 Å². The molecule has 8 nitrogen and oxygen atoms in total. The van der Waals surface area contributed by atoms with Gasteiger partial charge in [-0.3, -0.25) is 0 Å². The van der Waals surface area contributed by atoms with Gasteiger partial charge in [0.05, 0.1) is 21.6 Å². The Labute approximate surface area is 210 Å². The fourth-order valence-corrected chi connectivity index (χ4v) is 4.30. The van der Waals surface area contributed by atoms with Crippen molar-refractivity contribution in [3.63, 3.8) is 0 Å². The van der Waals surface area contributed by atoms with E-state index in [0.717, 1.165) is 27.3 Å². The highest BCUT2D eigenvalue weighted by atomic mass is 32.1. The molecule has 9 heteroatoms. The molecule has 0 saturated heterocycles. The Morgan fingerprint density at radius 2 is 1.94 bits per heavy atom. The zero-order valence-corrected chi connectivity index (χ0v) is 19.6. The molecule has 5 rings (SSSR count). The lowest BCUT2D eigenvalue weighted by atomic mass is 10.2. The number of aromatic nitrogens is 4. The average Bonchev–Trinajstić information content (AvgIpc) is 3.66. The molecule has 3 aromatic heterocycles. The minimum atomic E-state index is -0.673. The van der Waals surface area contributed by atoms with Crippen molar-refractivity contribution >= 4 is 40.0 Å². The summed E-state index contributed by atoms with van der Waals surface area (Å²) in [6.07, 6.45) is 4.72. The highest BCUT2D eigenvalue weighted by Crippen LogP contribution is 2.28. The SMILES string of the molecule is N#C/C(=C(/O)COC(=O)C=Cc1cn(-c2ccccc2)nc1-c1cccs1)c1nc2ccccc2[nH]1. The smallest absolute Gasteiger partial charge is 0.331 e. The number of thiophene rings is 1. The number of para-hydroxylation sites is 3. The van der Waals surface area contributed by atoms with Gasteiger partial charge in [-0.15, -0.1) is 11.3 Å². The molecule has 2 aromatic carbocycles. The van der Waals surface area contributed by atoms with Crippen molar-refractivity contribution < 1.29 is 14.6 Å². The van der Waals surface area contributed by atoms with Crippen LogP contribution >= 0.6 is 11.3 Å². The fraction of sp³-hybridized carbons (Fsp3) is 0.0370. The second kappa shape index (κ2) is 10.1. The number of esters is 1. The molecule has 0 radical (unpaired) electrons. The third kappa shape index (κ3) is 4.80. The fourth-order valence-electron chi connectivity index (χ4n) is 3.57. The molecule has 0 aliphatic carbocycles. The maximum absolute atomic E-state index is 12.4. The molecule has 0 amide bonds. The Morgan fingerprint density at radius 3 is 2.69 bits per heavy atom. The molecule has 0 saturated carbocycles. The van der Waals surface area contributed by atoms with E-state index in [0.29, 0.717) is 5.52 Å². The first kappa shape index (κ1) is 22.8. The molecule has 2 N–H and O–H groups in total. The summed E-state index contributed by atoms with van der Waals surface area (Å²) < 4.78 is 6.93. The minimum Gasteiger partial charge on any atom is -0.507 e. The normalized spacial score (nSPS) is 12.0. The van der Waals surface area contributed by atoms with Crippen LogP contribution in [-0.2, 0) is 9.53 Å². The van der Waals surface area contributed by atoms with Crippen LogP contribution < -0.4 is 0 Å². The number of nitrogens with zero attached hydrogens (tertiary/aromatic N) is 4. The molecule has 5 aromatic rings. The van der Waals surface area contributed by atoms with E-state index in [2.05, 4.69) is 9.97 Å².